The van der Waals surface area contributed by atoms with Crippen LogP contribution in [-0.4, -0.2) is 41.1 Å². The van der Waals surface area contributed by atoms with Crippen molar-refractivity contribution in [1.82, 2.24) is 0 Å². The predicted octanol–water partition coefficient (Wildman–Crippen LogP) is 3.74. The molecule has 0 radical (unpaired) electrons. The number of rotatable bonds is 4. The minimum atomic E-state index is -1.64. The highest BCUT2D eigenvalue weighted by Crippen LogP contribution is 2.68. The third-order valence-corrected chi connectivity index (χ3v) is 9.60. The van der Waals surface area contributed by atoms with E-state index in [9.17, 15) is 19.5 Å². The molecule has 0 spiro atoms. The van der Waals surface area contributed by atoms with Crippen LogP contribution in [0.4, 0.5) is 0 Å². The van der Waals surface area contributed by atoms with Gasteiger partial charge in [0.05, 0.1) is 12.4 Å². The second kappa shape index (κ2) is 8.34. The molecule has 4 aliphatic carbocycles. The van der Waals surface area contributed by atoms with E-state index < -0.39 is 35.7 Å². The highest BCUT2D eigenvalue weighted by molar-refractivity contribution is 5.92. The summed E-state index contributed by atoms with van der Waals surface area (Å²) in [5.41, 5.74) is -1.66. The number of carbonyl (C=O) groups is 3. The van der Waals surface area contributed by atoms with Crippen molar-refractivity contribution in [2.24, 2.45) is 28.6 Å². The number of ketones is 1. The van der Waals surface area contributed by atoms with E-state index in [2.05, 4.69) is 6.92 Å². The molecule has 1 aromatic rings. The van der Waals surface area contributed by atoms with Gasteiger partial charge in [0.1, 0.15) is 6.07 Å². The minimum Gasteiger partial charge on any atom is -0.457 e. The maximum Gasteiger partial charge on any atom is 0.375 e. The Kier molecular flexibility index (Phi) is 5.67. The van der Waals surface area contributed by atoms with Crippen LogP contribution in [0.1, 0.15) is 69.3 Å². The second-order valence-corrected chi connectivity index (χ2v) is 11.0. The number of ether oxygens (including phenoxy) is 2. The summed E-state index contributed by atoms with van der Waals surface area (Å²) in [5.74, 6) is -1.32. The quantitative estimate of drug-likeness (QED) is 0.644. The van der Waals surface area contributed by atoms with Gasteiger partial charge in [-0.05, 0) is 79.9 Å². The Balaban J connectivity index is 1.53. The smallest absolute Gasteiger partial charge is 0.375 e. The Hall–Kier alpha value is -2.92. The summed E-state index contributed by atoms with van der Waals surface area (Å²) in [7, 11) is 0. The molecule has 35 heavy (non-hydrogen) atoms. The maximum absolute atomic E-state index is 13.5. The van der Waals surface area contributed by atoms with E-state index in [4.69, 9.17) is 19.2 Å². The van der Waals surface area contributed by atoms with Crippen molar-refractivity contribution in [3.05, 3.63) is 35.8 Å². The van der Waals surface area contributed by atoms with E-state index in [0.717, 1.165) is 18.4 Å². The van der Waals surface area contributed by atoms with Crippen molar-refractivity contribution in [3.8, 4) is 6.07 Å². The number of carbonyl (C=O) groups excluding carboxylic acids is 3. The summed E-state index contributed by atoms with van der Waals surface area (Å²) < 4.78 is 16.4. The van der Waals surface area contributed by atoms with Gasteiger partial charge in [-0.15, -0.1) is 0 Å². The summed E-state index contributed by atoms with van der Waals surface area (Å²) in [6.07, 6.45) is 6.29. The van der Waals surface area contributed by atoms with E-state index in [1.54, 1.807) is 12.1 Å². The van der Waals surface area contributed by atoms with Crippen LogP contribution in [0.3, 0.4) is 0 Å². The number of hydrogen-bond donors (Lipinski definition) is 1. The van der Waals surface area contributed by atoms with Crippen LogP contribution in [-0.2, 0) is 19.1 Å². The van der Waals surface area contributed by atoms with Crippen LogP contribution in [0.2, 0.25) is 0 Å². The van der Waals surface area contributed by atoms with E-state index in [-0.39, 0.29) is 47.6 Å². The molecule has 1 heterocycles. The first-order valence-electron chi connectivity index (χ1n) is 12.4. The van der Waals surface area contributed by atoms with Crippen molar-refractivity contribution in [3.63, 3.8) is 0 Å². The predicted molar refractivity (Wildman–Crippen MR) is 122 cm³/mol. The highest BCUT2D eigenvalue weighted by Gasteiger charge is 2.71. The molecular weight excluding hydrogens is 450 g/mol. The number of aliphatic hydroxyl groups excluding tert-OH is 1. The number of fused-ring (bicyclic) bond motifs is 5. The number of furan rings is 1. The van der Waals surface area contributed by atoms with Gasteiger partial charge in [0.25, 0.3) is 0 Å². The van der Waals surface area contributed by atoms with Crippen LogP contribution in [0.5, 0.6) is 0 Å². The fourth-order valence-corrected chi connectivity index (χ4v) is 8.04. The number of nitrogens with zero attached hydrogens (tertiary/aromatic N) is 1. The van der Waals surface area contributed by atoms with Gasteiger partial charge in [0.2, 0.25) is 11.4 Å². The highest BCUT2D eigenvalue weighted by atomic mass is 16.6. The standard InChI is InChI=1S/C27H31NO7/c1-25-9-7-17(29)14-16(25)5-6-18-19-8-10-27(24(32)34-13-11-28,26(19,2)15-20(30)22(18)25)35-23(31)21-4-3-12-33-21/h3-4,12,14,18-20,22,30H,5-10,13,15H2,1-2H3/t18-,19-,20-,22+,25-,26-,27-/m0/s1. The van der Waals surface area contributed by atoms with E-state index >= 15 is 0 Å². The van der Waals surface area contributed by atoms with Gasteiger partial charge in [0.15, 0.2) is 12.4 Å². The fraction of sp³-hybridized carbons (Fsp3) is 0.630. The van der Waals surface area contributed by atoms with Crippen LogP contribution in [0, 0.1) is 39.9 Å². The average Bonchev–Trinajstić information content (AvgIpc) is 3.45. The molecule has 0 unspecified atom stereocenters. The molecule has 7 atom stereocenters. The first kappa shape index (κ1) is 23.8. The van der Waals surface area contributed by atoms with Gasteiger partial charge in [-0.25, -0.2) is 9.59 Å². The lowest BCUT2D eigenvalue weighted by molar-refractivity contribution is -0.199. The van der Waals surface area contributed by atoms with E-state index in [1.165, 1.54) is 12.3 Å². The molecule has 0 saturated heterocycles. The second-order valence-electron chi connectivity index (χ2n) is 11.0. The van der Waals surface area contributed by atoms with E-state index in [1.807, 2.05) is 13.0 Å². The molecule has 3 fully saturated rings. The molecule has 186 valence electrons. The number of nitriles is 1. The number of aliphatic hydroxyl groups is 1. The molecule has 3 saturated carbocycles. The minimum absolute atomic E-state index is 0.00550. The van der Waals surface area contributed by atoms with Crippen molar-refractivity contribution < 1.29 is 33.4 Å². The molecule has 4 aliphatic rings. The molecule has 0 bridgehead atoms. The zero-order chi connectivity index (χ0) is 25.0. The number of hydrogen-bond acceptors (Lipinski definition) is 8. The summed E-state index contributed by atoms with van der Waals surface area (Å²) in [4.78, 5) is 38.6. The maximum atomic E-state index is 13.5. The molecule has 8 heteroatoms. The van der Waals surface area contributed by atoms with Gasteiger partial charge in [-0.1, -0.05) is 19.4 Å². The lowest BCUT2D eigenvalue weighted by atomic mass is 9.45. The molecular formula is C27H31NO7. The fourth-order valence-electron chi connectivity index (χ4n) is 8.04. The third kappa shape index (κ3) is 3.39. The van der Waals surface area contributed by atoms with Crippen molar-refractivity contribution in [2.45, 2.75) is 70.5 Å². The van der Waals surface area contributed by atoms with Gasteiger partial charge in [-0.3, -0.25) is 4.79 Å². The van der Waals surface area contributed by atoms with Crippen molar-refractivity contribution in [1.29, 1.82) is 5.26 Å². The average molecular weight is 482 g/mol. The Morgan fingerprint density at radius 1 is 1.26 bits per heavy atom. The van der Waals surface area contributed by atoms with E-state index in [0.29, 0.717) is 19.3 Å². The van der Waals surface area contributed by atoms with Crippen LogP contribution < -0.4 is 0 Å². The molecule has 8 nitrogen and oxygen atoms in total. The van der Waals surface area contributed by atoms with Crippen molar-refractivity contribution in [2.75, 3.05) is 6.61 Å². The normalized spacial score (nSPS) is 39.9. The number of esters is 2. The Labute approximate surface area is 204 Å². The summed E-state index contributed by atoms with van der Waals surface area (Å²) >= 11 is 0. The largest absolute Gasteiger partial charge is 0.457 e. The third-order valence-electron chi connectivity index (χ3n) is 9.60. The molecule has 1 N–H and O–H groups in total. The van der Waals surface area contributed by atoms with Crippen LogP contribution in [0.25, 0.3) is 0 Å². The monoisotopic (exact) mass is 481 g/mol. The summed E-state index contributed by atoms with van der Waals surface area (Å²) in [5, 5.41) is 20.6. The molecule has 1 aromatic heterocycles. The Morgan fingerprint density at radius 2 is 2.06 bits per heavy atom. The first-order valence-corrected chi connectivity index (χ1v) is 12.4. The zero-order valence-electron chi connectivity index (χ0n) is 20.1. The lowest BCUT2D eigenvalue weighted by Crippen LogP contribution is -2.63. The van der Waals surface area contributed by atoms with Gasteiger partial charge in [-0.2, -0.15) is 5.26 Å². The van der Waals surface area contributed by atoms with Gasteiger partial charge in [0, 0.05) is 11.8 Å². The topological polar surface area (TPSA) is 127 Å². The van der Waals surface area contributed by atoms with Gasteiger partial charge < -0.3 is 19.0 Å². The molecule has 5 rings (SSSR count). The summed E-state index contributed by atoms with van der Waals surface area (Å²) in [6, 6.07) is 4.85. The molecule has 0 amide bonds. The first-order chi connectivity index (χ1) is 16.7. The molecule has 0 aromatic carbocycles. The van der Waals surface area contributed by atoms with Crippen LogP contribution >= 0.6 is 0 Å². The SMILES string of the molecule is C[C@]12CCC(=O)C=C1CC[C@@H]1[C@@H]2[C@@H](O)C[C@@]2(C)[C@H]1CC[C@]2(OC(=O)c1ccco1)C(=O)OCC#N. The van der Waals surface area contributed by atoms with Crippen molar-refractivity contribution >= 4 is 17.7 Å². The number of allylic oxidation sites excluding steroid dienone is 1. The van der Waals surface area contributed by atoms with Gasteiger partial charge >= 0.3 is 11.9 Å². The summed E-state index contributed by atoms with van der Waals surface area (Å²) in [6.45, 7) is 3.62. The zero-order valence-corrected chi connectivity index (χ0v) is 20.1. The lowest BCUT2D eigenvalue weighted by Gasteiger charge is -2.60. The Morgan fingerprint density at radius 3 is 2.77 bits per heavy atom. The Bertz CT molecular complexity index is 1120. The molecule has 0 aliphatic heterocycles. The van der Waals surface area contributed by atoms with Crippen LogP contribution in [0.15, 0.2) is 34.5 Å².